The van der Waals surface area contributed by atoms with Crippen molar-refractivity contribution < 1.29 is 14.3 Å². The van der Waals surface area contributed by atoms with Gasteiger partial charge in [-0.3, -0.25) is 0 Å². The molecule has 0 saturated heterocycles. The standard InChI is InChI=1S/C14H11BrClFN2O2/c1-7-2-3-8(14(18)19-20)12(4-7)21-13-6-11(17)10(16)5-9(13)15/h2-6,20H,1H3,(H2,18,19). The summed E-state index contributed by atoms with van der Waals surface area (Å²) in [5.74, 6) is -0.134. The van der Waals surface area contributed by atoms with Crippen molar-refractivity contribution in [3.05, 3.63) is 56.8 Å². The van der Waals surface area contributed by atoms with Crippen LogP contribution < -0.4 is 10.5 Å². The average Bonchev–Trinajstić information content (AvgIpc) is 2.44. The van der Waals surface area contributed by atoms with Crippen molar-refractivity contribution in [1.82, 2.24) is 0 Å². The highest BCUT2D eigenvalue weighted by Gasteiger charge is 2.13. The minimum Gasteiger partial charge on any atom is -0.455 e. The van der Waals surface area contributed by atoms with Crippen LogP contribution in [-0.2, 0) is 0 Å². The van der Waals surface area contributed by atoms with Gasteiger partial charge in [-0.1, -0.05) is 22.8 Å². The minimum atomic E-state index is -0.604. The topological polar surface area (TPSA) is 67.8 Å². The summed E-state index contributed by atoms with van der Waals surface area (Å²) in [4.78, 5) is 0. The van der Waals surface area contributed by atoms with Crippen LogP contribution in [0.15, 0.2) is 40.0 Å². The molecule has 0 fully saturated rings. The molecular formula is C14H11BrClFN2O2. The summed E-state index contributed by atoms with van der Waals surface area (Å²) in [7, 11) is 0. The molecule has 3 N–H and O–H groups in total. The molecule has 0 unspecified atom stereocenters. The molecule has 110 valence electrons. The number of rotatable bonds is 3. The average molecular weight is 374 g/mol. The first-order valence-electron chi connectivity index (χ1n) is 5.83. The van der Waals surface area contributed by atoms with Gasteiger partial charge < -0.3 is 15.7 Å². The molecule has 0 radical (unpaired) electrons. The second kappa shape index (κ2) is 6.32. The maximum atomic E-state index is 13.5. The summed E-state index contributed by atoms with van der Waals surface area (Å²) in [6.07, 6.45) is 0. The van der Waals surface area contributed by atoms with Crippen molar-refractivity contribution in [3.63, 3.8) is 0 Å². The van der Waals surface area contributed by atoms with Crippen molar-refractivity contribution in [3.8, 4) is 11.5 Å². The van der Waals surface area contributed by atoms with Crippen LogP contribution in [0.4, 0.5) is 4.39 Å². The van der Waals surface area contributed by atoms with Crippen molar-refractivity contribution in [2.75, 3.05) is 0 Å². The predicted molar refractivity (Wildman–Crippen MR) is 82.9 cm³/mol. The molecule has 0 bridgehead atoms. The van der Waals surface area contributed by atoms with Crippen LogP contribution in [0.1, 0.15) is 11.1 Å². The van der Waals surface area contributed by atoms with Gasteiger partial charge in [0.05, 0.1) is 15.1 Å². The number of amidine groups is 1. The number of nitrogens with zero attached hydrogens (tertiary/aromatic N) is 1. The normalized spacial score (nSPS) is 11.5. The Labute approximate surface area is 134 Å². The third-order valence-electron chi connectivity index (χ3n) is 2.72. The highest BCUT2D eigenvalue weighted by molar-refractivity contribution is 9.10. The molecule has 7 heteroatoms. The van der Waals surface area contributed by atoms with Gasteiger partial charge in [0.25, 0.3) is 0 Å². The molecule has 0 aliphatic heterocycles. The van der Waals surface area contributed by atoms with Gasteiger partial charge in [0.15, 0.2) is 5.84 Å². The van der Waals surface area contributed by atoms with Crippen molar-refractivity contribution in [1.29, 1.82) is 0 Å². The number of halogens is 3. The molecule has 0 atom stereocenters. The number of aryl methyl sites for hydroxylation is 1. The number of hydrogen-bond donors (Lipinski definition) is 2. The summed E-state index contributed by atoms with van der Waals surface area (Å²) >= 11 is 8.93. The fraction of sp³-hybridized carbons (Fsp3) is 0.0714. The van der Waals surface area contributed by atoms with Gasteiger partial charge in [0.1, 0.15) is 17.3 Å². The van der Waals surface area contributed by atoms with Gasteiger partial charge in [-0.2, -0.15) is 0 Å². The van der Waals surface area contributed by atoms with E-state index in [1.54, 1.807) is 18.2 Å². The number of nitrogens with two attached hydrogens (primary N) is 1. The summed E-state index contributed by atoms with van der Waals surface area (Å²) in [5.41, 5.74) is 6.91. The lowest BCUT2D eigenvalue weighted by atomic mass is 10.1. The molecule has 0 heterocycles. The van der Waals surface area contributed by atoms with E-state index >= 15 is 0 Å². The highest BCUT2D eigenvalue weighted by atomic mass is 79.9. The first-order valence-corrected chi connectivity index (χ1v) is 7.00. The van der Waals surface area contributed by atoms with Gasteiger partial charge in [-0.25, -0.2) is 4.39 Å². The smallest absolute Gasteiger partial charge is 0.173 e. The van der Waals surface area contributed by atoms with E-state index in [1.165, 1.54) is 6.07 Å². The number of benzene rings is 2. The third-order valence-corrected chi connectivity index (χ3v) is 3.62. The van der Waals surface area contributed by atoms with E-state index in [0.29, 0.717) is 15.8 Å². The van der Waals surface area contributed by atoms with E-state index in [-0.39, 0.29) is 16.6 Å². The second-order valence-corrected chi connectivity index (χ2v) is 5.55. The van der Waals surface area contributed by atoms with Crippen LogP contribution in [0.3, 0.4) is 0 Å². The minimum absolute atomic E-state index is 0.0184. The Morgan fingerprint density at radius 1 is 1.33 bits per heavy atom. The first-order chi connectivity index (χ1) is 9.92. The zero-order valence-electron chi connectivity index (χ0n) is 10.9. The molecule has 0 aliphatic rings. The lowest BCUT2D eigenvalue weighted by Crippen LogP contribution is -2.14. The van der Waals surface area contributed by atoms with Crippen molar-refractivity contribution in [2.45, 2.75) is 6.92 Å². The molecule has 0 amide bonds. The zero-order valence-corrected chi connectivity index (χ0v) is 13.2. The van der Waals surface area contributed by atoms with Gasteiger partial charge >= 0.3 is 0 Å². The van der Waals surface area contributed by atoms with Crippen LogP contribution >= 0.6 is 27.5 Å². The van der Waals surface area contributed by atoms with Gasteiger partial charge in [-0.05, 0) is 46.6 Å². The monoisotopic (exact) mass is 372 g/mol. The highest BCUT2D eigenvalue weighted by Crippen LogP contribution is 2.35. The Bertz CT molecular complexity index is 722. The molecule has 0 aromatic heterocycles. The van der Waals surface area contributed by atoms with E-state index in [9.17, 15) is 4.39 Å². The van der Waals surface area contributed by atoms with Crippen LogP contribution in [-0.4, -0.2) is 11.0 Å². The van der Waals surface area contributed by atoms with Crippen LogP contribution in [0.5, 0.6) is 11.5 Å². The molecule has 2 aromatic carbocycles. The zero-order chi connectivity index (χ0) is 15.6. The first kappa shape index (κ1) is 15.6. The van der Waals surface area contributed by atoms with E-state index in [0.717, 1.165) is 11.6 Å². The maximum Gasteiger partial charge on any atom is 0.173 e. The summed E-state index contributed by atoms with van der Waals surface area (Å²) in [5, 5.41) is 11.7. The van der Waals surface area contributed by atoms with E-state index < -0.39 is 5.82 Å². The van der Waals surface area contributed by atoms with E-state index in [4.69, 9.17) is 27.3 Å². The molecule has 21 heavy (non-hydrogen) atoms. The van der Waals surface area contributed by atoms with Crippen LogP contribution in [0.2, 0.25) is 5.02 Å². The number of ether oxygens (including phenoxy) is 1. The van der Waals surface area contributed by atoms with Gasteiger partial charge in [0, 0.05) is 6.07 Å². The summed E-state index contributed by atoms with van der Waals surface area (Å²) in [6.45, 7) is 1.86. The fourth-order valence-electron chi connectivity index (χ4n) is 1.68. The summed E-state index contributed by atoms with van der Waals surface area (Å²) in [6, 6.07) is 7.69. The molecule has 2 rings (SSSR count). The molecule has 0 saturated carbocycles. The van der Waals surface area contributed by atoms with Crippen molar-refractivity contribution >= 4 is 33.4 Å². The molecule has 2 aromatic rings. The number of hydrogen-bond acceptors (Lipinski definition) is 3. The Morgan fingerprint density at radius 3 is 2.71 bits per heavy atom. The van der Waals surface area contributed by atoms with Crippen LogP contribution in [0, 0.1) is 12.7 Å². The van der Waals surface area contributed by atoms with Gasteiger partial charge in [-0.15, -0.1) is 0 Å². The molecular weight excluding hydrogens is 363 g/mol. The molecule has 0 aliphatic carbocycles. The van der Waals surface area contributed by atoms with E-state index in [2.05, 4.69) is 21.1 Å². The van der Waals surface area contributed by atoms with Crippen molar-refractivity contribution in [2.24, 2.45) is 10.9 Å². The second-order valence-electron chi connectivity index (χ2n) is 4.28. The fourth-order valence-corrected chi connectivity index (χ4v) is 2.40. The Balaban J connectivity index is 2.49. The molecule has 4 nitrogen and oxygen atoms in total. The number of oxime groups is 1. The maximum absolute atomic E-state index is 13.5. The largest absolute Gasteiger partial charge is 0.455 e. The quantitative estimate of drug-likeness (QED) is 0.275. The lowest BCUT2D eigenvalue weighted by Gasteiger charge is -2.13. The predicted octanol–water partition coefficient (Wildman–Crippen LogP) is 4.44. The van der Waals surface area contributed by atoms with Crippen LogP contribution in [0.25, 0.3) is 0 Å². The lowest BCUT2D eigenvalue weighted by molar-refractivity contribution is 0.318. The van der Waals surface area contributed by atoms with Gasteiger partial charge in [0.2, 0.25) is 0 Å². The Kier molecular flexibility index (Phi) is 4.69. The Morgan fingerprint density at radius 2 is 2.05 bits per heavy atom. The Hall–Kier alpha value is -1.79. The summed E-state index contributed by atoms with van der Waals surface area (Å²) < 4.78 is 19.7. The SMILES string of the molecule is Cc1ccc(/C(N)=N/O)c(Oc2cc(F)c(Cl)cc2Br)c1. The third kappa shape index (κ3) is 3.46. The molecule has 0 spiro atoms. The van der Waals surface area contributed by atoms with E-state index in [1.807, 2.05) is 6.92 Å².